The summed E-state index contributed by atoms with van der Waals surface area (Å²) in [6.07, 6.45) is 0.230. The molecule has 0 spiro atoms. The van der Waals surface area contributed by atoms with Crippen LogP contribution in [0.1, 0.15) is 20.3 Å². The van der Waals surface area contributed by atoms with Gasteiger partial charge >= 0.3 is 11.9 Å². The molecule has 0 unspecified atom stereocenters. The van der Waals surface area contributed by atoms with Crippen LogP contribution in [0.25, 0.3) is 0 Å². The van der Waals surface area contributed by atoms with Crippen molar-refractivity contribution in [2.24, 2.45) is 0 Å². The molecule has 0 saturated carbocycles. The van der Waals surface area contributed by atoms with Crippen molar-refractivity contribution in [3.63, 3.8) is 0 Å². The Labute approximate surface area is 76.3 Å². The SMILES string of the molecule is CC/C(C(=O)O)=C(/C)C(=O)O.Cl. The van der Waals surface area contributed by atoms with E-state index in [1.54, 1.807) is 6.92 Å². The Bertz CT molecular complexity index is 219. The zero-order valence-corrected chi connectivity index (χ0v) is 7.64. The molecular weight excluding hydrogens is 184 g/mol. The minimum atomic E-state index is -1.18. The summed E-state index contributed by atoms with van der Waals surface area (Å²) in [6, 6.07) is 0. The van der Waals surface area contributed by atoms with E-state index in [1.807, 2.05) is 0 Å². The van der Waals surface area contributed by atoms with Gasteiger partial charge in [0.1, 0.15) is 0 Å². The number of carboxylic acid groups (broad SMARTS) is 2. The maximum absolute atomic E-state index is 10.4. The smallest absolute Gasteiger partial charge is 0.332 e. The molecule has 0 saturated heterocycles. The lowest BCUT2D eigenvalue weighted by Crippen LogP contribution is -2.08. The molecule has 5 heteroatoms. The van der Waals surface area contributed by atoms with Gasteiger partial charge in [-0.3, -0.25) is 0 Å². The third kappa shape index (κ3) is 3.39. The molecule has 0 aromatic rings. The number of aliphatic carboxylic acids is 2. The zero-order valence-electron chi connectivity index (χ0n) is 6.83. The maximum atomic E-state index is 10.4. The van der Waals surface area contributed by atoms with Crippen molar-refractivity contribution in [3.05, 3.63) is 11.1 Å². The van der Waals surface area contributed by atoms with Gasteiger partial charge in [-0.1, -0.05) is 6.92 Å². The van der Waals surface area contributed by atoms with Crippen LogP contribution in [0.3, 0.4) is 0 Å². The largest absolute Gasteiger partial charge is 0.478 e. The summed E-state index contributed by atoms with van der Waals surface area (Å²) in [6.45, 7) is 2.89. The van der Waals surface area contributed by atoms with E-state index in [0.717, 1.165) is 0 Å². The van der Waals surface area contributed by atoms with Gasteiger partial charge < -0.3 is 10.2 Å². The molecule has 0 radical (unpaired) electrons. The lowest BCUT2D eigenvalue weighted by Gasteiger charge is -1.99. The first kappa shape index (κ1) is 13.6. The van der Waals surface area contributed by atoms with Gasteiger partial charge in [-0.2, -0.15) is 0 Å². The van der Waals surface area contributed by atoms with Gasteiger partial charge in [-0.15, -0.1) is 12.4 Å². The molecular formula is C7H11ClO4. The van der Waals surface area contributed by atoms with Crippen LogP contribution in [0, 0.1) is 0 Å². The van der Waals surface area contributed by atoms with Crippen LogP contribution in [0.2, 0.25) is 0 Å². The fourth-order valence-electron chi connectivity index (χ4n) is 0.706. The van der Waals surface area contributed by atoms with Crippen LogP contribution in [0.4, 0.5) is 0 Å². The molecule has 0 aliphatic heterocycles. The number of halogens is 1. The highest BCUT2D eigenvalue weighted by Crippen LogP contribution is 2.08. The van der Waals surface area contributed by atoms with Crippen molar-refractivity contribution in [2.75, 3.05) is 0 Å². The molecule has 4 nitrogen and oxygen atoms in total. The fourth-order valence-corrected chi connectivity index (χ4v) is 0.706. The highest BCUT2D eigenvalue weighted by molar-refractivity contribution is 5.98. The second-order valence-electron chi connectivity index (χ2n) is 2.07. The number of carbonyl (C=O) groups is 2. The molecule has 0 fully saturated rings. The Hall–Kier alpha value is -1.03. The number of hydrogen-bond acceptors (Lipinski definition) is 2. The van der Waals surface area contributed by atoms with Crippen LogP contribution in [0.15, 0.2) is 11.1 Å². The van der Waals surface area contributed by atoms with Crippen LogP contribution in [0.5, 0.6) is 0 Å². The minimum Gasteiger partial charge on any atom is -0.478 e. The van der Waals surface area contributed by atoms with E-state index in [-0.39, 0.29) is 30.0 Å². The van der Waals surface area contributed by atoms with E-state index < -0.39 is 11.9 Å². The molecule has 0 atom stereocenters. The summed E-state index contributed by atoms with van der Waals surface area (Å²) in [5, 5.41) is 16.9. The van der Waals surface area contributed by atoms with Crippen molar-refractivity contribution >= 4 is 24.3 Å². The van der Waals surface area contributed by atoms with Gasteiger partial charge in [-0.25, -0.2) is 9.59 Å². The molecule has 0 heterocycles. The van der Waals surface area contributed by atoms with E-state index in [1.165, 1.54) is 6.92 Å². The highest BCUT2D eigenvalue weighted by Gasteiger charge is 2.13. The van der Waals surface area contributed by atoms with Crippen LogP contribution in [-0.4, -0.2) is 22.2 Å². The lowest BCUT2D eigenvalue weighted by atomic mass is 10.1. The van der Waals surface area contributed by atoms with E-state index in [4.69, 9.17) is 10.2 Å². The Kier molecular flexibility index (Phi) is 6.32. The zero-order chi connectivity index (χ0) is 9.02. The Morgan fingerprint density at radius 2 is 1.58 bits per heavy atom. The summed E-state index contributed by atoms with van der Waals surface area (Å²) in [4.78, 5) is 20.6. The van der Waals surface area contributed by atoms with Gasteiger partial charge in [0, 0.05) is 11.1 Å². The first-order chi connectivity index (χ1) is 5.00. The fraction of sp³-hybridized carbons (Fsp3) is 0.429. The molecule has 0 aromatic heterocycles. The van der Waals surface area contributed by atoms with Crippen LogP contribution in [-0.2, 0) is 9.59 Å². The lowest BCUT2D eigenvalue weighted by molar-refractivity contribution is -0.136. The first-order valence-electron chi connectivity index (χ1n) is 3.17. The minimum absolute atomic E-state index is 0. The molecule has 0 amide bonds. The van der Waals surface area contributed by atoms with E-state index in [9.17, 15) is 9.59 Å². The molecule has 2 N–H and O–H groups in total. The van der Waals surface area contributed by atoms with E-state index in [2.05, 4.69) is 0 Å². The van der Waals surface area contributed by atoms with Gasteiger partial charge in [0.05, 0.1) is 0 Å². The molecule has 0 bridgehead atoms. The summed E-state index contributed by atoms with van der Waals surface area (Å²) in [5.74, 6) is -2.34. The molecule has 0 aromatic carbocycles. The van der Waals surface area contributed by atoms with Crippen LogP contribution < -0.4 is 0 Å². The highest BCUT2D eigenvalue weighted by atomic mass is 35.5. The Balaban J connectivity index is 0. The summed E-state index contributed by atoms with van der Waals surface area (Å²) in [7, 11) is 0. The topological polar surface area (TPSA) is 74.6 Å². The molecule has 12 heavy (non-hydrogen) atoms. The second-order valence-corrected chi connectivity index (χ2v) is 2.07. The van der Waals surface area contributed by atoms with Crippen molar-refractivity contribution in [1.82, 2.24) is 0 Å². The van der Waals surface area contributed by atoms with Gasteiger partial charge in [0.15, 0.2) is 0 Å². The summed E-state index contributed by atoms with van der Waals surface area (Å²) < 4.78 is 0. The third-order valence-corrected chi connectivity index (χ3v) is 1.39. The predicted molar refractivity (Wildman–Crippen MR) is 45.5 cm³/mol. The predicted octanol–water partition coefficient (Wildman–Crippen LogP) is 1.30. The average molecular weight is 195 g/mol. The number of rotatable bonds is 3. The number of carboxylic acids is 2. The third-order valence-electron chi connectivity index (χ3n) is 1.39. The van der Waals surface area contributed by atoms with E-state index >= 15 is 0 Å². The molecule has 70 valence electrons. The van der Waals surface area contributed by atoms with Crippen LogP contribution >= 0.6 is 12.4 Å². The Morgan fingerprint density at radius 3 is 1.67 bits per heavy atom. The van der Waals surface area contributed by atoms with Gasteiger partial charge in [-0.05, 0) is 13.3 Å². The number of hydrogen-bond donors (Lipinski definition) is 2. The molecule has 0 rings (SSSR count). The van der Waals surface area contributed by atoms with Gasteiger partial charge in [0.2, 0.25) is 0 Å². The van der Waals surface area contributed by atoms with Crippen molar-refractivity contribution in [3.8, 4) is 0 Å². The second kappa shape index (κ2) is 5.60. The Morgan fingerprint density at radius 1 is 1.17 bits per heavy atom. The van der Waals surface area contributed by atoms with Crippen molar-refractivity contribution in [1.29, 1.82) is 0 Å². The van der Waals surface area contributed by atoms with Crippen molar-refractivity contribution in [2.45, 2.75) is 20.3 Å². The van der Waals surface area contributed by atoms with Gasteiger partial charge in [0.25, 0.3) is 0 Å². The van der Waals surface area contributed by atoms with Crippen molar-refractivity contribution < 1.29 is 19.8 Å². The molecule has 0 aliphatic rings. The average Bonchev–Trinajstić information content (AvgIpc) is 1.88. The quantitative estimate of drug-likeness (QED) is 0.665. The summed E-state index contributed by atoms with van der Waals surface area (Å²) >= 11 is 0. The monoisotopic (exact) mass is 194 g/mol. The molecule has 0 aliphatic carbocycles. The summed E-state index contributed by atoms with van der Waals surface area (Å²) in [5.41, 5.74) is -0.141. The standard InChI is InChI=1S/C7H10O4.ClH/c1-3-5(7(10)11)4(2)6(8)9;/h3H2,1-2H3,(H,8,9)(H,10,11);1H/b5-4+;. The van der Waals surface area contributed by atoms with E-state index in [0.29, 0.717) is 0 Å². The normalized spacial score (nSPS) is 11.2. The first-order valence-corrected chi connectivity index (χ1v) is 3.17. The maximum Gasteiger partial charge on any atom is 0.332 e.